The Morgan fingerprint density at radius 1 is 1.50 bits per heavy atom. The zero-order valence-corrected chi connectivity index (χ0v) is 9.88. The van der Waals surface area contributed by atoms with Gasteiger partial charge in [-0.3, -0.25) is 0 Å². The molecule has 0 radical (unpaired) electrons. The predicted molar refractivity (Wildman–Crippen MR) is 59.6 cm³/mol. The lowest BCUT2D eigenvalue weighted by molar-refractivity contribution is 0.305. The number of rotatable bonds is 3. The summed E-state index contributed by atoms with van der Waals surface area (Å²) < 4.78 is 13.7. The number of benzene rings is 1. The molecule has 0 amide bonds. The molecule has 2 N–H and O–H groups in total. The summed E-state index contributed by atoms with van der Waals surface area (Å²) in [6.07, 6.45) is 0. The monoisotopic (exact) mass is 260 g/mol. The highest BCUT2D eigenvalue weighted by Gasteiger charge is 2.13. The van der Waals surface area contributed by atoms with Gasteiger partial charge in [0.05, 0.1) is 4.47 Å². The zero-order valence-electron chi connectivity index (χ0n) is 8.30. The van der Waals surface area contributed by atoms with E-state index in [4.69, 9.17) is 5.73 Å². The van der Waals surface area contributed by atoms with Crippen LogP contribution in [0.4, 0.5) is 4.39 Å². The Balaban J connectivity index is 3.00. The molecule has 2 nitrogen and oxygen atoms in total. The lowest BCUT2D eigenvalue weighted by Gasteiger charge is -2.23. The van der Waals surface area contributed by atoms with Gasteiger partial charge in [0.2, 0.25) is 0 Å². The molecule has 0 bridgehead atoms. The lowest BCUT2D eigenvalue weighted by atomic mass is 10.1. The number of hydrogen-bond acceptors (Lipinski definition) is 2. The maximum Gasteiger partial charge on any atom is 0.137 e. The summed E-state index contributed by atoms with van der Waals surface area (Å²) in [7, 11) is 3.86. The summed E-state index contributed by atoms with van der Waals surface area (Å²) in [5, 5.41) is 0. The number of nitrogens with zero attached hydrogens (tertiary/aromatic N) is 1. The number of halogens is 2. The minimum atomic E-state index is -0.247. The Hall–Kier alpha value is -0.450. The molecule has 0 aliphatic carbocycles. The average molecular weight is 261 g/mol. The van der Waals surface area contributed by atoms with Gasteiger partial charge in [0.15, 0.2) is 0 Å². The van der Waals surface area contributed by atoms with Crippen molar-refractivity contribution >= 4 is 15.9 Å². The number of likely N-dealkylation sites (N-methyl/N-ethyl adjacent to an activating group) is 1. The van der Waals surface area contributed by atoms with Crippen LogP contribution in [0.5, 0.6) is 0 Å². The van der Waals surface area contributed by atoms with Crippen molar-refractivity contribution in [3.8, 4) is 0 Å². The molecular weight excluding hydrogens is 247 g/mol. The molecule has 1 aromatic rings. The molecule has 0 aromatic heterocycles. The second kappa shape index (κ2) is 4.87. The van der Waals surface area contributed by atoms with Gasteiger partial charge in [0.25, 0.3) is 0 Å². The summed E-state index contributed by atoms with van der Waals surface area (Å²) in [4.78, 5) is 1.97. The van der Waals surface area contributed by atoms with Crippen molar-refractivity contribution in [2.75, 3.05) is 20.6 Å². The molecule has 1 rings (SSSR count). The minimum Gasteiger partial charge on any atom is -0.329 e. The van der Waals surface area contributed by atoms with Gasteiger partial charge in [-0.1, -0.05) is 6.07 Å². The summed E-state index contributed by atoms with van der Waals surface area (Å²) >= 11 is 3.12. The van der Waals surface area contributed by atoms with Gasteiger partial charge in [0, 0.05) is 12.6 Å². The highest BCUT2D eigenvalue weighted by atomic mass is 79.9. The van der Waals surface area contributed by atoms with E-state index in [1.54, 1.807) is 6.07 Å². The van der Waals surface area contributed by atoms with Crippen molar-refractivity contribution < 1.29 is 4.39 Å². The van der Waals surface area contributed by atoms with Crippen molar-refractivity contribution in [1.82, 2.24) is 4.90 Å². The Kier molecular flexibility index (Phi) is 4.04. The molecule has 1 aromatic carbocycles. The third-order valence-corrected chi connectivity index (χ3v) is 2.82. The Bertz CT molecular complexity index is 315. The fourth-order valence-electron chi connectivity index (χ4n) is 1.36. The van der Waals surface area contributed by atoms with Crippen LogP contribution in [0.25, 0.3) is 0 Å². The third kappa shape index (κ3) is 2.53. The molecule has 78 valence electrons. The molecule has 0 heterocycles. The van der Waals surface area contributed by atoms with Crippen molar-refractivity contribution in [1.29, 1.82) is 0 Å². The van der Waals surface area contributed by atoms with Crippen molar-refractivity contribution in [3.63, 3.8) is 0 Å². The third-order valence-electron chi connectivity index (χ3n) is 2.18. The second-order valence-electron chi connectivity index (χ2n) is 3.39. The molecule has 0 aliphatic rings. The van der Waals surface area contributed by atoms with Gasteiger partial charge in [-0.15, -0.1) is 0 Å². The Morgan fingerprint density at radius 3 is 2.57 bits per heavy atom. The fraction of sp³-hybridized carbons (Fsp3) is 0.400. The van der Waals surface area contributed by atoms with E-state index < -0.39 is 0 Å². The molecule has 0 fully saturated rings. The normalized spacial score (nSPS) is 13.3. The molecule has 1 atom stereocenters. The number of hydrogen-bond donors (Lipinski definition) is 1. The maximum absolute atomic E-state index is 13.2. The SMILES string of the molecule is CN(C)C(CN)c1ccc(Br)c(F)c1. The van der Waals surface area contributed by atoms with Crippen LogP contribution in [0.3, 0.4) is 0 Å². The van der Waals surface area contributed by atoms with Gasteiger partial charge in [-0.2, -0.15) is 0 Å². The molecule has 14 heavy (non-hydrogen) atoms. The van der Waals surface area contributed by atoms with Crippen molar-refractivity contribution in [2.45, 2.75) is 6.04 Å². The van der Waals surface area contributed by atoms with E-state index in [1.165, 1.54) is 6.07 Å². The summed E-state index contributed by atoms with van der Waals surface area (Å²) in [5.41, 5.74) is 6.52. The first-order valence-electron chi connectivity index (χ1n) is 4.37. The smallest absolute Gasteiger partial charge is 0.137 e. The van der Waals surface area contributed by atoms with Crippen molar-refractivity contribution in [2.24, 2.45) is 5.73 Å². The molecule has 0 aliphatic heterocycles. The van der Waals surface area contributed by atoms with Crippen LogP contribution in [0.2, 0.25) is 0 Å². The summed E-state index contributed by atoms with van der Waals surface area (Å²) in [5.74, 6) is -0.247. The molecule has 0 saturated carbocycles. The van der Waals surface area contributed by atoms with Crippen LogP contribution < -0.4 is 5.73 Å². The van der Waals surface area contributed by atoms with Crippen molar-refractivity contribution in [3.05, 3.63) is 34.1 Å². The van der Waals surface area contributed by atoms with E-state index in [0.717, 1.165) is 5.56 Å². The number of nitrogens with two attached hydrogens (primary N) is 1. The van der Waals surface area contributed by atoms with E-state index in [0.29, 0.717) is 11.0 Å². The highest BCUT2D eigenvalue weighted by molar-refractivity contribution is 9.10. The predicted octanol–water partition coefficient (Wildman–Crippen LogP) is 2.15. The molecule has 0 saturated heterocycles. The lowest BCUT2D eigenvalue weighted by Crippen LogP contribution is -2.27. The second-order valence-corrected chi connectivity index (χ2v) is 4.24. The van der Waals surface area contributed by atoms with Crippen LogP contribution in [0.15, 0.2) is 22.7 Å². The standard InChI is InChI=1S/C10H14BrFN2/c1-14(2)10(6-13)7-3-4-8(11)9(12)5-7/h3-5,10H,6,13H2,1-2H3. The minimum absolute atomic E-state index is 0.0672. The highest BCUT2D eigenvalue weighted by Crippen LogP contribution is 2.22. The van der Waals surface area contributed by atoms with Crippen LogP contribution in [-0.4, -0.2) is 25.5 Å². The van der Waals surface area contributed by atoms with E-state index in [9.17, 15) is 4.39 Å². The summed E-state index contributed by atoms with van der Waals surface area (Å²) in [6, 6.07) is 5.17. The molecule has 1 unspecified atom stereocenters. The van der Waals surface area contributed by atoms with Crippen LogP contribution in [-0.2, 0) is 0 Å². The first-order valence-corrected chi connectivity index (χ1v) is 5.17. The molecular formula is C10H14BrFN2. The van der Waals surface area contributed by atoms with Gasteiger partial charge < -0.3 is 10.6 Å². The van der Waals surface area contributed by atoms with Gasteiger partial charge in [-0.05, 0) is 47.7 Å². The van der Waals surface area contributed by atoms with Gasteiger partial charge in [0.1, 0.15) is 5.82 Å². The quantitative estimate of drug-likeness (QED) is 0.903. The van der Waals surface area contributed by atoms with Crippen LogP contribution in [0, 0.1) is 5.82 Å². The first-order chi connectivity index (χ1) is 6.56. The molecule has 4 heteroatoms. The van der Waals surface area contributed by atoms with E-state index in [1.807, 2.05) is 25.1 Å². The summed E-state index contributed by atoms with van der Waals surface area (Å²) in [6.45, 7) is 0.480. The Morgan fingerprint density at radius 2 is 2.14 bits per heavy atom. The Labute approximate surface area is 92.0 Å². The first kappa shape index (κ1) is 11.6. The maximum atomic E-state index is 13.2. The largest absolute Gasteiger partial charge is 0.329 e. The van der Waals surface area contributed by atoms with Gasteiger partial charge >= 0.3 is 0 Å². The van der Waals surface area contributed by atoms with Crippen LogP contribution in [0.1, 0.15) is 11.6 Å². The topological polar surface area (TPSA) is 29.3 Å². The zero-order chi connectivity index (χ0) is 10.7. The molecule has 0 spiro atoms. The van der Waals surface area contributed by atoms with Gasteiger partial charge in [-0.25, -0.2) is 4.39 Å². The fourth-order valence-corrected chi connectivity index (χ4v) is 1.61. The average Bonchev–Trinajstić information content (AvgIpc) is 2.11. The van der Waals surface area contributed by atoms with E-state index >= 15 is 0 Å². The van der Waals surface area contributed by atoms with Crippen LogP contribution >= 0.6 is 15.9 Å². The van der Waals surface area contributed by atoms with E-state index in [2.05, 4.69) is 15.9 Å². The van der Waals surface area contributed by atoms with E-state index in [-0.39, 0.29) is 11.9 Å².